The summed E-state index contributed by atoms with van der Waals surface area (Å²) in [6.45, 7) is 0.758. The van der Waals surface area contributed by atoms with Gasteiger partial charge in [-0.25, -0.2) is 9.50 Å². The Bertz CT molecular complexity index is 981. The van der Waals surface area contributed by atoms with Crippen molar-refractivity contribution < 1.29 is 23.0 Å². The van der Waals surface area contributed by atoms with E-state index in [0.717, 1.165) is 32.2 Å². The summed E-state index contributed by atoms with van der Waals surface area (Å²) in [4.78, 5) is 4.59. The molecule has 0 bridgehead atoms. The average Bonchev–Trinajstić information content (AvgIpc) is 3.10. The van der Waals surface area contributed by atoms with Gasteiger partial charge in [0.05, 0.1) is 12.3 Å². The number of ether oxygens (including phenoxy) is 1. The number of benzene rings is 1. The Labute approximate surface area is 165 Å². The summed E-state index contributed by atoms with van der Waals surface area (Å²) >= 11 is 0. The molecule has 0 spiro atoms. The van der Waals surface area contributed by atoms with Gasteiger partial charge in [-0.3, -0.25) is 0 Å². The molecular formula is C20H21F3N4O2. The summed E-state index contributed by atoms with van der Waals surface area (Å²) in [6, 6.07) is 7.57. The molecule has 0 unspecified atom stereocenters. The summed E-state index contributed by atoms with van der Waals surface area (Å²) in [5.41, 5.74) is 1.69. The van der Waals surface area contributed by atoms with E-state index in [1.54, 1.807) is 23.0 Å². The van der Waals surface area contributed by atoms with E-state index in [1.807, 2.05) is 6.07 Å². The third kappa shape index (κ3) is 4.79. The summed E-state index contributed by atoms with van der Waals surface area (Å²) in [6.07, 6.45) is 1.98. The van der Waals surface area contributed by atoms with E-state index >= 15 is 0 Å². The molecule has 2 aromatic heterocycles. The Morgan fingerprint density at radius 2 is 1.97 bits per heavy atom. The van der Waals surface area contributed by atoms with Gasteiger partial charge in [0.25, 0.3) is 0 Å². The van der Waals surface area contributed by atoms with Crippen LogP contribution in [0.3, 0.4) is 0 Å². The molecule has 1 aliphatic carbocycles. The van der Waals surface area contributed by atoms with Gasteiger partial charge in [0.15, 0.2) is 5.65 Å². The van der Waals surface area contributed by atoms with Crippen LogP contribution in [-0.2, 0) is 0 Å². The lowest BCUT2D eigenvalue weighted by Gasteiger charge is -2.25. The van der Waals surface area contributed by atoms with Crippen molar-refractivity contribution in [3.63, 3.8) is 0 Å². The fourth-order valence-electron chi connectivity index (χ4n) is 3.63. The number of nitrogens with one attached hydrogen (secondary N) is 1. The Hall–Kier alpha value is -2.81. The fraction of sp³-hybridized carbons (Fsp3) is 0.400. The van der Waals surface area contributed by atoms with Crippen molar-refractivity contribution >= 4 is 11.5 Å². The maximum Gasteiger partial charge on any atom is 0.573 e. The first-order valence-corrected chi connectivity index (χ1v) is 9.50. The maximum atomic E-state index is 12.5. The van der Waals surface area contributed by atoms with Crippen molar-refractivity contribution in [1.29, 1.82) is 0 Å². The molecule has 0 aliphatic heterocycles. The number of aliphatic hydroxyl groups excluding tert-OH is 1. The summed E-state index contributed by atoms with van der Waals surface area (Å²) in [5.74, 6) is 0.869. The molecule has 4 rings (SSSR count). The molecule has 154 valence electrons. The highest BCUT2D eigenvalue weighted by molar-refractivity contribution is 5.78. The van der Waals surface area contributed by atoms with Gasteiger partial charge in [0.2, 0.25) is 0 Å². The molecule has 0 radical (unpaired) electrons. The van der Waals surface area contributed by atoms with Crippen LogP contribution in [0, 0.1) is 5.92 Å². The van der Waals surface area contributed by atoms with Gasteiger partial charge in [-0.05, 0) is 55.4 Å². The molecule has 1 aromatic carbocycles. The lowest BCUT2D eigenvalue weighted by Crippen LogP contribution is -2.23. The number of aromatic nitrogens is 3. The van der Waals surface area contributed by atoms with Crippen molar-refractivity contribution in [2.75, 3.05) is 11.9 Å². The largest absolute Gasteiger partial charge is 0.573 e. The van der Waals surface area contributed by atoms with Crippen LogP contribution in [0.5, 0.6) is 5.75 Å². The van der Waals surface area contributed by atoms with Gasteiger partial charge in [-0.1, -0.05) is 12.1 Å². The monoisotopic (exact) mass is 406 g/mol. The van der Waals surface area contributed by atoms with Crippen LogP contribution in [0.1, 0.15) is 25.7 Å². The van der Waals surface area contributed by atoms with Crippen molar-refractivity contribution in [3.05, 3.63) is 42.7 Å². The van der Waals surface area contributed by atoms with Crippen LogP contribution >= 0.6 is 0 Å². The van der Waals surface area contributed by atoms with E-state index < -0.39 is 6.36 Å². The van der Waals surface area contributed by atoms with Crippen molar-refractivity contribution in [2.24, 2.45) is 5.92 Å². The standard InChI is InChI=1S/C20H21F3N4O2/c21-20(22,23)29-16-3-1-2-14(10-16)17-12-25-27-9-8-18(26-19(17)27)24-11-13-4-6-15(28)7-5-13/h1-3,8-10,12-13,15,28H,4-7,11H2,(H,24,26). The van der Waals surface area contributed by atoms with E-state index in [1.165, 1.54) is 18.2 Å². The topological polar surface area (TPSA) is 71.7 Å². The number of rotatable bonds is 5. The number of hydrogen-bond acceptors (Lipinski definition) is 5. The Morgan fingerprint density at radius 1 is 1.17 bits per heavy atom. The summed E-state index contributed by atoms with van der Waals surface area (Å²) in [5, 5.41) is 17.2. The highest BCUT2D eigenvalue weighted by Gasteiger charge is 2.31. The second-order valence-electron chi connectivity index (χ2n) is 7.27. The molecular weight excluding hydrogens is 385 g/mol. The molecule has 6 nitrogen and oxygen atoms in total. The Kier molecular flexibility index (Phi) is 5.31. The predicted octanol–water partition coefficient (Wildman–Crippen LogP) is 4.26. The van der Waals surface area contributed by atoms with Crippen LogP contribution < -0.4 is 10.1 Å². The second kappa shape index (κ2) is 7.90. The van der Waals surface area contributed by atoms with Crippen molar-refractivity contribution in [3.8, 4) is 16.9 Å². The quantitative estimate of drug-likeness (QED) is 0.663. The molecule has 9 heteroatoms. The van der Waals surface area contributed by atoms with Crippen LogP contribution in [0.2, 0.25) is 0 Å². The Balaban J connectivity index is 1.54. The smallest absolute Gasteiger partial charge is 0.406 e. The fourth-order valence-corrected chi connectivity index (χ4v) is 3.63. The molecule has 1 fully saturated rings. The van der Waals surface area contributed by atoms with Gasteiger partial charge < -0.3 is 15.2 Å². The third-order valence-corrected chi connectivity index (χ3v) is 5.14. The molecule has 1 aliphatic rings. The first kappa shape index (κ1) is 19.5. The van der Waals surface area contributed by atoms with E-state index in [0.29, 0.717) is 28.5 Å². The van der Waals surface area contributed by atoms with E-state index in [4.69, 9.17) is 0 Å². The number of fused-ring (bicyclic) bond motifs is 1. The SMILES string of the molecule is OC1CCC(CNc2ccn3ncc(-c4cccc(OC(F)(F)F)c4)c3n2)CC1. The number of hydrogen-bond donors (Lipinski definition) is 2. The lowest BCUT2D eigenvalue weighted by atomic mass is 9.87. The number of anilines is 1. The van der Waals surface area contributed by atoms with Crippen molar-refractivity contribution in [2.45, 2.75) is 38.1 Å². The van der Waals surface area contributed by atoms with Crippen LogP contribution in [0.4, 0.5) is 19.0 Å². The van der Waals surface area contributed by atoms with Gasteiger partial charge >= 0.3 is 6.36 Å². The average molecular weight is 406 g/mol. The minimum absolute atomic E-state index is 0.188. The van der Waals surface area contributed by atoms with E-state index in [2.05, 4.69) is 20.1 Å². The van der Waals surface area contributed by atoms with Crippen LogP contribution in [0.25, 0.3) is 16.8 Å². The maximum absolute atomic E-state index is 12.5. The minimum atomic E-state index is -4.75. The zero-order valence-corrected chi connectivity index (χ0v) is 15.6. The second-order valence-corrected chi connectivity index (χ2v) is 7.27. The molecule has 2 heterocycles. The zero-order chi connectivity index (χ0) is 20.4. The highest BCUT2D eigenvalue weighted by atomic mass is 19.4. The third-order valence-electron chi connectivity index (χ3n) is 5.14. The van der Waals surface area contributed by atoms with Crippen LogP contribution in [-0.4, -0.2) is 38.7 Å². The highest BCUT2D eigenvalue weighted by Crippen LogP contribution is 2.30. The Morgan fingerprint density at radius 3 is 2.72 bits per heavy atom. The molecule has 2 N–H and O–H groups in total. The minimum Gasteiger partial charge on any atom is -0.406 e. The number of aliphatic hydroxyl groups is 1. The van der Waals surface area contributed by atoms with Crippen molar-refractivity contribution in [1.82, 2.24) is 14.6 Å². The number of halogens is 3. The molecule has 3 aromatic rings. The van der Waals surface area contributed by atoms with Crippen LogP contribution in [0.15, 0.2) is 42.7 Å². The number of alkyl halides is 3. The van der Waals surface area contributed by atoms with Gasteiger partial charge in [0.1, 0.15) is 11.6 Å². The molecule has 0 saturated heterocycles. The number of nitrogens with zero attached hydrogens (tertiary/aromatic N) is 3. The molecule has 0 atom stereocenters. The molecule has 29 heavy (non-hydrogen) atoms. The summed E-state index contributed by atoms with van der Waals surface area (Å²) in [7, 11) is 0. The lowest BCUT2D eigenvalue weighted by molar-refractivity contribution is -0.274. The van der Waals surface area contributed by atoms with E-state index in [-0.39, 0.29) is 11.9 Å². The summed E-state index contributed by atoms with van der Waals surface area (Å²) < 4.78 is 43.1. The van der Waals surface area contributed by atoms with Gasteiger partial charge in [0, 0.05) is 18.3 Å². The first-order chi connectivity index (χ1) is 13.9. The molecule has 0 amide bonds. The first-order valence-electron chi connectivity index (χ1n) is 9.50. The predicted molar refractivity (Wildman–Crippen MR) is 102 cm³/mol. The zero-order valence-electron chi connectivity index (χ0n) is 15.6. The van der Waals surface area contributed by atoms with E-state index in [9.17, 15) is 18.3 Å². The van der Waals surface area contributed by atoms with Gasteiger partial charge in [-0.2, -0.15) is 5.10 Å². The molecule has 1 saturated carbocycles. The van der Waals surface area contributed by atoms with Gasteiger partial charge in [-0.15, -0.1) is 13.2 Å². The normalized spacial score (nSPS) is 20.0.